The fraction of sp³-hybridized carbons (Fsp3) is 0.533. The van der Waals surface area contributed by atoms with E-state index >= 15 is 0 Å². The van der Waals surface area contributed by atoms with E-state index in [4.69, 9.17) is 0 Å². The van der Waals surface area contributed by atoms with Crippen LogP contribution in [0.5, 0.6) is 0 Å². The fourth-order valence-corrected chi connectivity index (χ4v) is 3.59. The summed E-state index contributed by atoms with van der Waals surface area (Å²) in [5.74, 6) is 1.30. The number of nitrogens with one attached hydrogen (secondary N) is 1. The van der Waals surface area contributed by atoms with E-state index in [9.17, 15) is 4.79 Å². The number of amides is 1. The number of thiol groups is 1. The van der Waals surface area contributed by atoms with Crippen molar-refractivity contribution in [1.29, 1.82) is 0 Å². The Kier molecular flexibility index (Phi) is 4.96. The van der Waals surface area contributed by atoms with Gasteiger partial charge in [0.25, 0.3) is 5.91 Å². The van der Waals surface area contributed by atoms with Crippen molar-refractivity contribution in [3.63, 3.8) is 0 Å². The second-order valence-corrected chi connectivity index (χ2v) is 6.72. The summed E-state index contributed by atoms with van der Waals surface area (Å²) in [6, 6.07) is 5.84. The molecule has 1 N–H and O–H groups in total. The van der Waals surface area contributed by atoms with Crippen LogP contribution >= 0.6 is 28.6 Å². The van der Waals surface area contributed by atoms with Gasteiger partial charge >= 0.3 is 0 Å². The predicted molar refractivity (Wildman–Crippen MR) is 84.8 cm³/mol. The molecular weight excluding hydrogens is 322 g/mol. The Morgan fingerprint density at radius 2 is 2.21 bits per heavy atom. The highest BCUT2D eigenvalue weighted by atomic mass is 79.9. The quantitative estimate of drug-likeness (QED) is 0.789. The molecule has 0 heterocycles. The van der Waals surface area contributed by atoms with Gasteiger partial charge in [0.1, 0.15) is 0 Å². The van der Waals surface area contributed by atoms with E-state index in [1.165, 1.54) is 12.8 Å². The number of carbonyl (C=O) groups is 1. The van der Waals surface area contributed by atoms with E-state index in [2.05, 4.69) is 47.7 Å². The van der Waals surface area contributed by atoms with Gasteiger partial charge in [-0.25, -0.2) is 0 Å². The Morgan fingerprint density at radius 3 is 2.84 bits per heavy atom. The molecule has 4 heteroatoms. The van der Waals surface area contributed by atoms with Gasteiger partial charge in [0.15, 0.2) is 0 Å². The summed E-state index contributed by atoms with van der Waals surface area (Å²) in [6.45, 7) is 4.47. The van der Waals surface area contributed by atoms with Gasteiger partial charge < -0.3 is 5.32 Å². The van der Waals surface area contributed by atoms with E-state index in [1.54, 1.807) is 6.07 Å². The molecule has 1 fully saturated rings. The molecule has 0 aliphatic heterocycles. The second kappa shape index (κ2) is 6.31. The van der Waals surface area contributed by atoms with Crippen molar-refractivity contribution in [2.75, 3.05) is 0 Å². The van der Waals surface area contributed by atoms with E-state index in [0.29, 0.717) is 17.5 Å². The maximum absolute atomic E-state index is 12.3. The van der Waals surface area contributed by atoms with Crippen LogP contribution in [0.4, 0.5) is 0 Å². The zero-order valence-corrected chi connectivity index (χ0v) is 13.8. The zero-order chi connectivity index (χ0) is 14.0. The SMILES string of the molecule is CCC1CCC(NC(=O)c2cc(S)ccc2Br)C1C. The number of halogens is 1. The maximum atomic E-state index is 12.3. The van der Waals surface area contributed by atoms with Crippen LogP contribution in [-0.2, 0) is 0 Å². The Bertz CT molecular complexity index is 477. The van der Waals surface area contributed by atoms with Crippen molar-refractivity contribution in [3.05, 3.63) is 28.2 Å². The highest BCUT2D eigenvalue weighted by Crippen LogP contribution is 2.34. The third kappa shape index (κ3) is 3.34. The summed E-state index contributed by atoms with van der Waals surface area (Å²) >= 11 is 7.72. The third-order valence-corrected chi connectivity index (χ3v) is 5.23. The third-order valence-electron chi connectivity index (χ3n) is 4.26. The molecule has 1 aliphatic carbocycles. The van der Waals surface area contributed by atoms with Crippen LogP contribution in [0.2, 0.25) is 0 Å². The van der Waals surface area contributed by atoms with Crippen LogP contribution in [0.25, 0.3) is 0 Å². The first-order valence-corrected chi connectivity index (χ1v) is 8.06. The van der Waals surface area contributed by atoms with E-state index in [-0.39, 0.29) is 5.91 Å². The number of rotatable bonds is 3. The minimum absolute atomic E-state index is 0.00335. The van der Waals surface area contributed by atoms with Crippen molar-refractivity contribution >= 4 is 34.5 Å². The predicted octanol–water partition coefficient (Wildman–Crippen LogP) is 4.29. The lowest BCUT2D eigenvalue weighted by atomic mass is 9.93. The Balaban J connectivity index is 2.07. The molecule has 3 unspecified atom stereocenters. The molecule has 1 aromatic carbocycles. The molecule has 0 saturated heterocycles. The molecule has 0 spiro atoms. The molecule has 0 aromatic heterocycles. The summed E-state index contributed by atoms with van der Waals surface area (Å²) in [5, 5.41) is 3.17. The maximum Gasteiger partial charge on any atom is 0.252 e. The van der Waals surface area contributed by atoms with E-state index in [0.717, 1.165) is 21.7 Å². The molecule has 3 atom stereocenters. The Morgan fingerprint density at radius 1 is 1.47 bits per heavy atom. The van der Waals surface area contributed by atoms with Crippen molar-refractivity contribution in [1.82, 2.24) is 5.32 Å². The second-order valence-electron chi connectivity index (χ2n) is 5.35. The van der Waals surface area contributed by atoms with Crippen LogP contribution in [0.15, 0.2) is 27.6 Å². The molecular formula is C15H20BrNOS. The molecule has 0 bridgehead atoms. The van der Waals surface area contributed by atoms with Gasteiger partial charge in [-0.3, -0.25) is 4.79 Å². The first kappa shape index (κ1) is 14.9. The Hall–Kier alpha value is -0.480. The minimum atomic E-state index is -0.00335. The van der Waals surface area contributed by atoms with Gasteiger partial charge in [-0.2, -0.15) is 0 Å². The van der Waals surface area contributed by atoms with Crippen LogP contribution < -0.4 is 5.32 Å². The molecule has 2 nitrogen and oxygen atoms in total. The number of hydrogen-bond acceptors (Lipinski definition) is 2. The summed E-state index contributed by atoms with van der Waals surface area (Å²) in [7, 11) is 0. The molecule has 1 aliphatic rings. The van der Waals surface area contributed by atoms with Crippen molar-refractivity contribution in [2.45, 2.75) is 44.0 Å². The van der Waals surface area contributed by atoms with E-state index in [1.807, 2.05) is 12.1 Å². The van der Waals surface area contributed by atoms with Gasteiger partial charge in [0.2, 0.25) is 0 Å². The fourth-order valence-electron chi connectivity index (χ4n) is 2.96. The largest absolute Gasteiger partial charge is 0.349 e. The van der Waals surface area contributed by atoms with Gasteiger partial charge in [0, 0.05) is 15.4 Å². The molecule has 2 rings (SSSR count). The summed E-state index contributed by atoms with van der Waals surface area (Å²) in [6.07, 6.45) is 3.50. The van der Waals surface area contributed by atoms with Crippen molar-refractivity contribution < 1.29 is 4.79 Å². The van der Waals surface area contributed by atoms with Crippen LogP contribution in [-0.4, -0.2) is 11.9 Å². The monoisotopic (exact) mass is 341 g/mol. The Labute approximate surface area is 128 Å². The first-order chi connectivity index (χ1) is 9.02. The van der Waals surface area contributed by atoms with E-state index < -0.39 is 0 Å². The van der Waals surface area contributed by atoms with Crippen LogP contribution in [0, 0.1) is 11.8 Å². The number of carbonyl (C=O) groups excluding carboxylic acids is 1. The lowest BCUT2D eigenvalue weighted by Gasteiger charge is -2.21. The number of hydrogen-bond donors (Lipinski definition) is 2. The molecule has 19 heavy (non-hydrogen) atoms. The smallest absolute Gasteiger partial charge is 0.252 e. The summed E-state index contributed by atoms with van der Waals surface area (Å²) in [5.41, 5.74) is 0.666. The molecule has 1 aromatic rings. The molecule has 0 radical (unpaired) electrons. The van der Waals surface area contributed by atoms with Gasteiger partial charge in [0.05, 0.1) is 5.56 Å². The highest BCUT2D eigenvalue weighted by Gasteiger charge is 2.32. The highest BCUT2D eigenvalue weighted by molar-refractivity contribution is 9.10. The van der Waals surface area contributed by atoms with Crippen LogP contribution in [0.3, 0.4) is 0 Å². The van der Waals surface area contributed by atoms with Crippen LogP contribution in [0.1, 0.15) is 43.5 Å². The average Bonchev–Trinajstić information content (AvgIpc) is 2.73. The zero-order valence-electron chi connectivity index (χ0n) is 11.3. The number of benzene rings is 1. The average molecular weight is 342 g/mol. The normalized spacial score (nSPS) is 26.4. The van der Waals surface area contributed by atoms with Crippen molar-refractivity contribution in [2.24, 2.45) is 11.8 Å². The lowest BCUT2D eigenvalue weighted by Crippen LogP contribution is -2.37. The molecule has 104 valence electrons. The lowest BCUT2D eigenvalue weighted by molar-refractivity contribution is 0.0925. The van der Waals surface area contributed by atoms with Gasteiger partial charge in [-0.1, -0.05) is 20.3 Å². The van der Waals surface area contributed by atoms with Gasteiger partial charge in [-0.05, 0) is 58.8 Å². The topological polar surface area (TPSA) is 29.1 Å². The standard InChI is InChI=1S/C15H20BrNOS/c1-3-10-4-7-14(9(10)2)17-15(18)12-8-11(19)5-6-13(12)16/h5-6,8-10,14,19H,3-4,7H2,1-2H3,(H,17,18). The van der Waals surface area contributed by atoms with Gasteiger partial charge in [-0.15, -0.1) is 12.6 Å². The summed E-state index contributed by atoms with van der Waals surface area (Å²) in [4.78, 5) is 13.1. The summed E-state index contributed by atoms with van der Waals surface area (Å²) < 4.78 is 0.820. The minimum Gasteiger partial charge on any atom is -0.349 e. The molecule has 1 saturated carbocycles. The first-order valence-electron chi connectivity index (χ1n) is 6.82. The molecule has 1 amide bonds. The van der Waals surface area contributed by atoms with Crippen molar-refractivity contribution in [3.8, 4) is 0 Å².